The molecule has 8 heteroatoms. The summed E-state index contributed by atoms with van der Waals surface area (Å²) in [5, 5.41) is 14.7. The first-order valence-corrected chi connectivity index (χ1v) is 9.36. The van der Waals surface area contributed by atoms with Crippen LogP contribution in [0, 0.1) is 0 Å². The minimum atomic E-state index is 0.0372. The van der Waals surface area contributed by atoms with Crippen LogP contribution in [-0.2, 0) is 13.1 Å². The van der Waals surface area contributed by atoms with Crippen molar-refractivity contribution in [1.82, 2.24) is 25.4 Å². The quantitative estimate of drug-likeness (QED) is 0.518. The Bertz CT molecular complexity index is 744. The molecule has 0 fully saturated rings. The Morgan fingerprint density at radius 2 is 1.93 bits per heavy atom. The largest absolute Gasteiger partial charge is 0.490 e. The maximum atomic E-state index is 5.72. The summed E-state index contributed by atoms with van der Waals surface area (Å²) in [4.78, 5) is 4.30. The number of hydrogen-bond acceptors (Lipinski definition) is 5. The average Bonchev–Trinajstić information content (AvgIpc) is 3.14. The number of nitrogens with one attached hydrogen (secondary N) is 2. The fraction of sp³-hybridized carbons (Fsp3) is 0.526. The molecule has 1 unspecified atom stereocenters. The maximum absolute atomic E-state index is 5.72. The lowest BCUT2D eigenvalue weighted by Crippen LogP contribution is -2.38. The summed E-state index contributed by atoms with van der Waals surface area (Å²) in [6, 6.07) is 6.02. The predicted molar refractivity (Wildman–Crippen MR) is 106 cm³/mol. The average molecular weight is 374 g/mol. The van der Waals surface area contributed by atoms with Crippen molar-refractivity contribution in [1.29, 1.82) is 0 Å². The normalized spacial score (nSPS) is 12.6. The minimum Gasteiger partial charge on any atom is -0.490 e. The van der Waals surface area contributed by atoms with Gasteiger partial charge in [-0.25, -0.2) is 0 Å². The Morgan fingerprint density at radius 3 is 2.59 bits per heavy atom. The molecule has 1 heterocycles. The van der Waals surface area contributed by atoms with Crippen molar-refractivity contribution in [2.24, 2.45) is 4.99 Å². The first-order valence-electron chi connectivity index (χ1n) is 9.36. The molecule has 0 radical (unpaired) electrons. The summed E-state index contributed by atoms with van der Waals surface area (Å²) in [6.07, 6.45) is 1.73. The second-order valence-electron chi connectivity index (χ2n) is 5.90. The van der Waals surface area contributed by atoms with Crippen LogP contribution in [-0.4, -0.2) is 41.0 Å². The van der Waals surface area contributed by atoms with Crippen molar-refractivity contribution in [3.63, 3.8) is 0 Å². The molecule has 0 aliphatic carbocycles. The summed E-state index contributed by atoms with van der Waals surface area (Å²) >= 11 is 0. The number of aliphatic imine (C=N–C) groups is 1. The highest BCUT2D eigenvalue weighted by molar-refractivity contribution is 5.80. The van der Waals surface area contributed by atoms with Crippen LogP contribution in [0.4, 0.5) is 0 Å². The van der Waals surface area contributed by atoms with E-state index < -0.39 is 0 Å². The van der Waals surface area contributed by atoms with Crippen LogP contribution >= 0.6 is 0 Å². The predicted octanol–water partition coefficient (Wildman–Crippen LogP) is 2.52. The fourth-order valence-corrected chi connectivity index (χ4v) is 2.66. The van der Waals surface area contributed by atoms with Crippen LogP contribution in [0.15, 0.2) is 29.5 Å². The SMILES string of the molecule is CCOc1ccc(C(C)NC(=NC)NCc2nncn2CC)cc1OCC. The van der Waals surface area contributed by atoms with Crippen molar-refractivity contribution in [2.45, 2.75) is 46.8 Å². The van der Waals surface area contributed by atoms with Crippen LogP contribution in [0.2, 0.25) is 0 Å². The van der Waals surface area contributed by atoms with E-state index in [0.29, 0.717) is 25.7 Å². The lowest BCUT2D eigenvalue weighted by molar-refractivity contribution is 0.287. The summed E-state index contributed by atoms with van der Waals surface area (Å²) in [5.74, 6) is 3.08. The molecular weight excluding hydrogens is 344 g/mol. The van der Waals surface area contributed by atoms with Crippen LogP contribution in [0.3, 0.4) is 0 Å². The molecule has 1 atom stereocenters. The number of guanidine groups is 1. The van der Waals surface area contributed by atoms with Gasteiger partial charge in [-0.1, -0.05) is 6.07 Å². The standard InChI is InChI=1S/C19H30N6O2/c1-6-25-13-22-24-18(25)12-21-19(20-5)23-14(4)15-9-10-16(26-7-2)17(11-15)27-8-3/h9-11,13-14H,6-8,12H2,1-5H3,(H2,20,21,23). The monoisotopic (exact) mass is 374 g/mol. The molecule has 0 spiro atoms. The van der Waals surface area contributed by atoms with E-state index in [1.54, 1.807) is 13.4 Å². The molecule has 0 amide bonds. The number of benzene rings is 1. The van der Waals surface area contributed by atoms with Crippen molar-refractivity contribution in [3.8, 4) is 11.5 Å². The number of rotatable bonds is 9. The van der Waals surface area contributed by atoms with E-state index in [-0.39, 0.29) is 6.04 Å². The maximum Gasteiger partial charge on any atom is 0.191 e. The molecule has 1 aromatic heterocycles. The molecule has 2 N–H and O–H groups in total. The highest BCUT2D eigenvalue weighted by Crippen LogP contribution is 2.30. The van der Waals surface area contributed by atoms with Gasteiger partial charge in [0.1, 0.15) is 6.33 Å². The van der Waals surface area contributed by atoms with E-state index in [1.165, 1.54) is 0 Å². The van der Waals surface area contributed by atoms with Crippen molar-refractivity contribution >= 4 is 5.96 Å². The molecule has 0 aliphatic heterocycles. The third kappa shape index (κ3) is 5.60. The Labute approximate surface area is 161 Å². The van der Waals surface area contributed by atoms with Gasteiger partial charge in [0, 0.05) is 13.6 Å². The van der Waals surface area contributed by atoms with Gasteiger partial charge in [-0.15, -0.1) is 10.2 Å². The topological polar surface area (TPSA) is 85.6 Å². The number of nitrogens with zero attached hydrogens (tertiary/aromatic N) is 4. The van der Waals surface area contributed by atoms with Crippen LogP contribution < -0.4 is 20.1 Å². The van der Waals surface area contributed by atoms with E-state index in [4.69, 9.17) is 9.47 Å². The Morgan fingerprint density at radius 1 is 1.19 bits per heavy atom. The Balaban J connectivity index is 2.03. The third-order valence-corrected chi connectivity index (χ3v) is 4.09. The number of aryl methyl sites for hydroxylation is 1. The van der Waals surface area contributed by atoms with E-state index >= 15 is 0 Å². The number of hydrogen-bond donors (Lipinski definition) is 2. The summed E-state index contributed by atoms with van der Waals surface area (Å²) < 4.78 is 13.3. The first-order chi connectivity index (χ1) is 13.1. The molecule has 2 aromatic rings. The van der Waals surface area contributed by atoms with E-state index in [2.05, 4.69) is 39.7 Å². The summed E-state index contributed by atoms with van der Waals surface area (Å²) in [5.41, 5.74) is 1.08. The summed E-state index contributed by atoms with van der Waals surface area (Å²) in [7, 11) is 1.75. The molecule has 2 rings (SSSR count). The van der Waals surface area contributed by atoms with Gasteiger partial charge in [-0.05, 0) is 45.4 Å². The zero-order chi connectivity index (χ0) is 19.6. The first kappa shape index (κ1) is 20.5. The molecule has 27 heavy (non-hydrogen) atoms. The second-order valence-corrected chi connectivity index (χ2v) is 5.90. The smallest absolute Gasteiger partial charge is 0.191 e. The highest BCUT2D eigenvalue weighted by Gasteiger charge is 2.13. The van der Waals surface area contributed by atoms with Gasteiger partial charge in [0.15, 0.2) is 23.3 Å². The van der Waals surface area contributed by atoms with Crippen molar-refractivity contribution < 1.29 is 9.47 Å². The number of ether oxygens (including phenoxy) is 2. The fourth-order valence-electron chi connectivity index (χ4n) is 2.66. The summed E-state index contributed by atoms with van der Waals surface area (Å²) in [6.45, 7) is 10.6. The molecule has 0 aliphatic rings. The lowest BCUT2D eigenvalue weighted by Gasteiger charge is -2.20. The van der Waals surface area contributed by atoms with Gasteiger partial charge >= 0.3 is 0 Å². The molecule has 0 bridgehead atoms. The van der Waals surface area contributed by atoms with Crippen molar-refractivity contribution in [3.05, 3.63) is 35.9 Å². The van der Waals surface area contributed by atoms with Crippen molar-refractivity contribution in [2.75, 3.05) is 20.3 Å². The van der Waals surface area contributed by atoms with E-state index in [0.717, 1.165) is 29.4 Å². The van der Waals surface area contributed by atoms with Crippen LogP contribution in [0.25, 0.3) is 0 Å². The zero-order valence-corrected chi connectivity index (χ0v) is 16.8. The van der Waals surface area contributed by atoms with Gasteiger partial charge in [0.05, 0.1) is 25.8 Å². The zero-order valence-electron chi connectivity index (χ0n) is 16.8. The van der Waals surface area contributed by atoms with Gasteiger partial charge < -0.3 is 24.7 Å². The van der Waals surface area contributed by atoms with E-state index in [9.17, 15) is 0 Å². The van der Waals surface area contributed by atoms with Gasteiger partial charge in [-0.2, -0.15) is 0 Å². The lowest BCUT2D eigenvalue weighted by atomic mass is 10.1. The van der Waals surface area contributed by atoms with E-state index in [1.807, 2.05) is 36.6 Å². The third-order valence-electron chi connectivity index (χ3n) is 4.09. The minimum absolute atomic E-state index is 0.0372. The highest BCUT2D eigenvalue weighted by atomic mass is 16.5. The molecule has 8 nitrogen and oxygen atoms in total. The molecule has 148 valence electrons. The van der Waals surface area contributed by atoms with Gasteiger partial charge in [-0.3, -0.25) is 4.99 Å². The number of aromatic nitrogens is 3. The second kappa shape index (κ2) is 10.4. The molecular formula is C19H30N6O2. The molecule has 1 aromatic carbocycles. The Hall–Kier alpha value is -2.77. The van der Waals surface area contributed by atoms with Gasteiger partial charge in [0.25, 0.3) is 0 Å². The molecule has 0 saturated carbocycles. The van der Waals surface area contributed by atoms with Crippen LogP contribution in [0.1, 0.15) is 45.1 Å². The van der Waals surface area contributed by atoms with Gasteiger partial charge in [0.2, 0.25) is 0 Å². The Kier molecular flexibility index (Phi) is 7.91. The van der Waals surface area contributed by atoms with Crippen LogP contribution in [0.5, 0.6) is 11.5 Å². The molecule has 0 saturated heterocycles.